The van der Waals surface area contributed by atoms with Gasteiger partial charge in [-0.3, -0.25) is 9.48 Å². The Hall–Kier alpha value is -2.10. The molecule has 2 aromatic rings. The van der Waals surface area contributed by atoms with Gasteiger partial charge in [-0.15, -0.1) is 0 Å². The fraction of sp³-hybridized carbons (Fsp3) is 0.231. The van der Waals surface area contributed by atoms with E-state index in [1.165, 1.54) is 0 Å². The third kappa shape index (κ3) is 2.72. The molecule has 2 rings (SSSR count). The summed E-state index contributed by atoms with van der Waals surface area (Å²) < 4.78 is 1.72. The minimum absolute atomic E-state index is 0.0491. The van der Waals surface area contributed by atoms with Gasteiger partial charge in [0.2, 0.25) is 0 Å². The van der Waals surface area contributed by atoms with Crippen LogP contribution in [-0.4, -0.2) is 15.7 Å². The van der Waals surface area contributed by atoms with Crippen LogP contribution in [-0.2, 0) is 13.6 Å². The highest BCUT2D eigenvalue weighted by Crippen LogP contribution is 2.07. The van der Waals surface area contributed by atoms with E-state index in [0.717, 1.165) is 16.7 Å². The van der Waals surface area contributed by atoms with E-state index >= 15 is 0 Å². The number of benzene rings is 1. The largest absolute Gasteiger partial charge is 0.348 e. The molecular formula is C13H15N3O. The van der Waals surface area contributed by atoms with Crippen molar-refractivity contribution in [2.24, 2.45) is 7.05 Å². The van der Waals surface area contributed by atoms with Crippen molar-refractivity contribution in [3.63, 3.8) is 0 Å². The first-order chi connectivity index (χ1) is 8.16. The monoisotopic (exact) mass is 229 g/mol. The lowest BCUT2D eigenvalue weighted by atomic mass is 10.1. The Morgan fingerprint density at radius 3 is 2.82 bits per heavy atom. The van der Waals surface area contributed by atoms with Crippen LogP contribution < -0.4 is 5.32 Å². The average Bonchev–Trinajstić information content (AvgIpc) is 2.73. The Labute approximate surface area is 100 Å². The molecule has 4 heteroatoms. The maximum Gasteiger partial charge on any atom is 0.251 e. The standard InChI is InChI=1S/C13H15N3O/c1-10-5-3-4-6-12(10)13(17)14-7-11-8-15-16(2)9-11/h3-6,8-9H,7H2,1-2H3,(H,14,17). The van der Waals surface area contributed by atoms with Crippen LogP contribution in [0.25, 0.3) is 0 Å². The molecule has 1 amide bonds. The molecule has 0 fully saturated rings. The minimum Gasteiger partial charge on any atom is -0.348 e. The maximum absolute atomic E-state index is 11.9. The van der Waals surface area contributed by atoms with Crippen LogP contribution in [0, 0.1) is 6.92 Å². The number of aromatic nitrogens is 2. The Morgan fingerprint density at radius 1 is 1.41 bits per heavy atom. The zero-order chi connectivity index (χ0) is 12.3. The zero-order valence-electron chi connectivity index (χ0n) is 9.97. The van der Waals surface area contributed by atoms with Crippen molar-refractivity contribution >= 4 is 5.91 Å². The molecule has 0 spiro atoms. The first kappa shape index (κ1) is 11.4. The number of hydrogen-bond donors (Lipinski definition) is 1. The van der Waals surface area contributed by atoms with Crippen LogP contribution in [0.1, 0.15) is 21.5 Å². The number of nitrogens with zero attached hydrogens (tertiary/aromatic N) is 2. The molecule has 0 atom stereocenters. The first-order valence-electron chi connectivity index (χ1n) is 5.48. The van der Waals surface area contributed by atoms with Gasteiger partial charge < -0.3 is 5.32 Å². The van der Waals surface area contributed by atoms with Crippen molar-refractivity contribution < 1.29 is 4.79 Å². The molecule has 0 aliphatic heterocycles. The molecule has 88 valence electrons. The quantitative estimate of drug-likeness (QED) is 0.870. The van der Waals surface area contributed by atoms with Crippen molar-refractivity contribution in [2.75, 3.05) is 0 Å². The van der Waals surface area contributed by atoms with Crippen LogP contribution in [0.4, 0.5) is 0 Å². The second-order valence-corrected chi connectivity index (χ2v) is 4.02. The van der Waals surface area contributed by atoms with E-state index in [0.29, 0.717) is 6.54 Å². The van der Waals surface area contributed by atoms with Crippen molar-refractivity contribution in [1.29, 1.82) is 0 Å². The van der Waals surface area contributed by atoms with Crippen LogP contribution in [0.2, 0.25) is 0 Å². The highest BCUT2D eigenvalue weighted by molar-refractivity contribution is 5.95. The Balaban J connectivity index is 2.01. The highest BCUT2D eigenvalue weighted by Gasteiger charge is 2.07. The summed E-state index contributed by atoms with van der Waals surface area (Å²) in [5.74, 6) is -0.0491. The summed E-state index contributed by atoms with van der Waals surface area (Å²) >= 11 is 0. The van der Waals surface area contributed by atoms with Crippen LogP contribution in [0.3, 0.4) is 0 Å². The summed E-state index contributed by atoms with van der Waals surface area (Å²) in [4.78, 5) is 11.9. The average molecular weight is 229 g/mol. The number of aryl methyl sites for hydroxylation is 2. The Morgan fingerprint density at radius 2 is 2.18 bits per heavy atom. The molecule has 1 heterocycles. The molecule has 0 aliphatic carbocycles. The normalized spacial score (nSPS) is 10.2. The number of rotatable bonds is 3. The fourth-order valence-corrected chi connectivity index (χ4v) is 1.67. The molecule has 17 heavy (non-hydrogen) atoms. The van der Waals surface area contributed by atoms with Crippen molar-refractivity contribution in [3.8, 4) is 0 Å². The maximum atomic E-state index is 11.9. The zero-order valence-corrected chi connectivity index (χ0v) is 9.97. The summed E-state index contributed by atoms with van der Waals surface area (Å²) in [6, 6.07) is 7.55. The molecule has 4 nitrogen and oxygen atoms in total. The van der Waals surface area contributed by atoms with Gasteiger partial charge in [-0.25, -0.2) is 0 Å². The second kappa shape index (κ2) is 4.82. The van der Waals surface area contributed by atoms with E-state index in [1.54, 1.807) is 10.9 Å². The van der Waals surface area contributed by atoms with Gasteiger partial charge in [0.05, 0.1) is 6.20 Å². The van der Waals surface area contributed by atoms with Crippen molar-refractivity contribution in [3.05, 3.63) is 53.3 Å². The molecule has 1 aromatic heterocycles. The number of amides is 1. The van der Waals surface area contributed by atoms with E-state index in [1.807, 2.05) is 44.4 Å². The lowest BCUT2D eigenvalue weighted by Crippen LogP contribution is -2.23. The minimum atomic E-state index is -0.0491. The SMILES string of the molecule is Cc1ccccc1C(=O)NCc1cnn(C)c1. The number of hydrogen-bond acceptors (Lipinski definition) is 2. The van der Waals surface area contributed by atoms with Gasteiger partial charge in [0.25, 0.3) is 5.91 Å². The lowest BCUT2D eigenvalue weighted by Gasteiger charge is -2.06. The fourth-order valence-electron chi connectivity index (χ4n) is 1.67. The predicted molar refractivity (Wildman–Crippen MR) is 65.6 cm³/mol. The third-order valence-electron chi connectivity index (χ3n) is 2.60. The summed E-state index contributed by atoms with van der Waals surface area (Å²) in [6.07, 6.45) is 3.64. The molecular weight excluding hydrogens is 214 g/mol. The van der Waals surface area contributed by atoms with Crippen LogP contribution in [0.15, 0.2) is 36.7 Å². The van der Waals surface area contributed by atoms with E-state index in [2.05, 4.69) is 10.4 Å². The smallest absolute Gasteiger partial charge is 0.251 e. The van der Waals surface area contributed by atoms with Gasteiger partial charge >= 0.3 is 0 Å². The summed E-state index contributed by atoms with van der Waals surface area (Å²) in [7, 11) is 1.85. The van der Waals surface area contributed by atoms with Gasteiger partial charge in [0.1, 0.15) is 0 Å². The van der Waals surface area contributed by atoms with Gasteiger partial charge in [0, 0.05) is 30.9 Å². The molecule has 1 aromatic carbocycles. The molecule has 1 N–H and O–H groups in total. The van der Waals surface area contributed by atoms with E-state index in [9.17, 15) is 4.79 Å². The number of carbonyl (C=O) groups excluding carboxylic acids is 1. The van der Waals surface area contributed by atoms with E-state index in [-0.39, 0.29) is 5.91 Å². The molecule has 0 saturated carbocycles. The molecule has 0 radical (unpaired) electrons. The highest BCUT2D eigenvalue weighted by atomic mass is 16.1. The van der Waals surface area contributed by atoms with Crippen LogP contribution >= 0.6 is 0 Å². The van der Waals surface area contributed by atoms with Gasteiger partial charge in [-0.05, 0) is 18.6 Å². The second-order valence-electron chi connectivity index (χ2n) is 4.02. The summed E-state index contributed by atoms with van der Waals surface area (Å²) in [6.45, 7) is 2.43. The summed E-state index contributed by atoms with van der Waals surface area (Å²) in [5, 5.41) is 6.93. The lowest BCUT2D eigenvalue weighted by molar-refractivity contribution is 0.0950. The van der Waals surface area contributed by atoms with Crippen molar-refractivity contribution in [1.82, 2.24) is 15.1 Å². The molecule has 0 bridgehead atoms. The van der Waals surface area contributed by atoms with Gasteiger partial charge in [0.15, 0.2) is 0 Å². The Kier molecular flexibility index (Phi) is 3.23. The number of nitrogens with one attached hydrogen (secondary N) is 1. The topological polar surface area (TPSA) is 46.9 Å². The van der Waals surface area contributed by atoms with Gasteiger partial charge in [-0.2, -0.15) is 5.10 Å². The molecule has 0 unspecified atom stereocenters. The van der Waals surface area contributed by atoms with E-state index < -0.39 is 0 Å². The predicted octanol–water partition coefficient (Wildman–Crippen LogP) is 1.66. The van der Waals surface area contributed by atoms with Crippen LogP contribution in [0.5, 0.6) is 0 Å². The third-order valence-corrected chi connectivity index (χ3v) is 2.60. The summed E-state index contributed by atoms with van der Waals surface area (Å²) in [5.41, 5.74) is 2.70. The molecule has 0 saturated heterocycles. The van der Waals surface area contributed by atoms with E-state index in [4.69, 9.17) is 0 Å². The number of carbonyl (C=O) groups is 1. The van der Waals surface area contributed by atoms with Crippen molar-refractivity contribution in [2.45, 2.75) is 13.5 Å². The first-order valence-corrected chi connectivity index (χ1v) is 5.48. The Bertz CT molecular complexity index is 531. The van der Waals surface area contributed by atoms with Gasteiger partial charge in [-0.1, -0.05) is 18.2 Å². The molecule has 0 aliphatic rings.